The second-order valence-corrected chi connectivity index (χ2v) is 6.58. The Morgan fingerprint density at radius 2 is 2.00 bits per heavy atom. The number of carbonyl (C=O) groups is 1. The van der Waals surface area contributed by atoms with Gasteiger partial charge in [0.25, 0.3) is 0 Å². The Labute approximate surface area is 121 Å². The first kappa shape index (κ1) is 14.7. The molecule has 2 heterocycles. The normalized spacial score (nSPS) is 30.8. The van der Waals surface area contributed by atoms with Gasteiger partial charge in [-0.15, -0.1) is 0 Å². The van der Waals surface area contributed by atoms with Crippen molar-refractivity contribution in [1.29, 1.82) is 0 Å². The summed E-state index contributed by atoms with van der Waals surface area (Å²) in [5.41, 5.74) is 5.12. The molecule has 2 fully saturated rings. The molecule has 0 saturated carbocycles. The van der Waals surface area contributed by atoms with Crippen LogP contribution in [0.15, 0.2) is 0 Å². The summed E-state index contributed by atoms with van der Waals surface area (Å²) in [5.74, 6) is 0.114. The zero-order valence-corrected chi connectivity index (χ0v) is 13.0. The summed E-state index contributed by atoms with van der Waals surface area (Å²) in [6, 6.07) is 1.14. The fraction of sp³-hybridized carbons (Fsp3) is 0.857. The molecule has 0 aromatic carbocycles. The quantitative estimate of drug-likeness (QED) is 0.795. The Kier molecular flexibility index (Phi) is 4.16. The van der Waals surface area contributed by atoms with Crippen LogP contribution < -0.4 is 5.73 Å². The molecule has 2 aliphatic rings. The first-order valence-electron chi connectivity index (χ1n) is 7.21. The van der Waals surface area contributed by atoms with Crippen molar-refractivity contribution in [3.05, 3.63) is 0 Å². The Hall–Kier alpha value is -0.680. The third-order valence-electron chi connectivity index (χ3n) is 5.16. The van der Waals surface area contributed by atoms with Crippen molar-refractivity contribution in [2.24, 2.45) is 11.1 Å². The molecule has 1 amide bonds. The zero-order valence-electron chi connectivity index (χ0n) is 12.2. The molecule has 2 bridgehead atoms. The molecule has 0 spiro atoms. The predicted molar refractivity (Wildman–Crippen MR) is 81.0 cm³/mol. The molecule has 2 aliphatic heterocycles. The number of thiocarbonyl (C=S) groups is 1. The van der Waals surface area contributed by atoms with Crippen LogP contribution in [0.3, 0.4) is 0 Å². The maximum Gasteiger partial charge on any atom is 0.235 e. The molecule has 19 heavy (non-hydrogen) atoms. The Bertz CT molecular complexity index is 387. The summed E-state index contributed by atoms with van der Waals surface area (Å²) in [5, 5.41) is 0. The van der Waals surface area contributed by atoms with E-state index in [9.17, 15) is 4.79 Å². The van der Waals surface area contributed by atoms with Crippen LogP contribution in [-0.4, -0.2) is 52.9 Å². The number of rotatable bonds is 3. The summed E-state index contributed by atoms with van der Waals surface area (Å²) in [7, 11) is 2.18. The number of hydrogen-bond donors (Lipinski definition) is 1. The minimum absolute atomic E-state index is 0.114. The van der Waals surface area contributed by atoms with E-state index in [4.69, 9.17) is 18.0 Å². The lowest BCUT2D eigenvalue weighted by atomic mass is 9.85. The molecule has 0 radical (unpaired) electrons. The predicted octanol–water partition coefficient (Wildman–Crippen LogP) is 1.38. The Balaban J connectivity index is 2.14. The first-order chi connectivity index (χ1) is 8.90. The third kappa shape index (κ3) is 2.50. The minimum atomic E-state index is -0.683. The monoisotopic (exact) mass is 283 g/mol. The molecule has 0 aliphatic carbocycles. The van der Waals surface area contributed by atoms with Gasteiger partial charge in [0.15, 0.2) is 0 Å². The molecule has 5 heteroatoms. The smallest absolute Gasteiger partial charge is 0.235 e. The van der Waals surface area contributed by atoms with Crippen LogP contribution in [0.4, 0.5) is 0 Å². The number of amides is 1. The summed E-state index contributed by atoms with van der Waals surface area (Å²) in [6.07, 6.45) is 4.20. The van der Waals surface area contributed by atoms with Crippen molar-refractivity contribution in [2.75, 3.05) is 20.1 Å². The SMILES string of the molecule is CCC(C)(C(=O)N1CCC2CCC(C1)N2C)C(N)=S. The van der Waals surface area contributed by atoms with Crippen molar-refractivity contribution >= 4 is 23.1 Å². The highest BCUT2D eigenvalue weighted by molar-refractivity contribution is 7.80. The largest absolute Gasteiger partial charge is 0.392 e. The van der Waals surface area contributed by atoms with Gasteiger partial charge < -0.3 is 10.6 Å². The third-order valence-corrected chi connectivity index (χ3v) is 5.61. The zero-order chi connectivity index (χ0) is 14.2. The van der Waals surface area contributed by atoms with E-state index in [1.807, 2.05) is 18.7 Å². The highest BCUT2D eigenvalue weighted by atomic mass is 32.1. The summed E-state index contributed by atoms with van der Waals surface area (Å²) < 4.78 is 0. The molecule has 2 rings (SSSR count). The summed E-state index contributed by atoms with van der Waals surface area (Å²) >= 11 is 5.12. The average Bonchev–Trinajstić information content (AvgIpc) is 2.61. The maximum absolute atomic E-state index is 12.8. The number of likely N-dealkylation sites (N-methyl/N-ethyl adjacent to an activating group) is 1. The van der Waals surface area contributed by atoms with Crippen molar-refractivity contribution < 1.29 is 4.79 Å². The van der Waals surface area contributed by atoms with E-state index in [0.29, 0.717) is 23.5 Å². The van der Waals surface area contributed by atoms with Crippen LogP contribution >= 0.6 is 12.2 Å². The summed E-state index contributed by atoms with van der Waals surface area (Å²) in [4.78, 5) is 17.5. The van der Waals surface area contributed by atoms with Crippen molar-refractivity contribution in [1.82, 2.24) is 9.80 Å². The van der Waals surface area contributed by atoms with Crippen molar-refractivity contribution in [3.8, 4) is 0 Å². The lowest BCUT2D eigenvalue weighted by Gasteiger charge is -2.34. The molecular weight excluding hydrogens is 258 g/mol. The van der Waals surface area contributed by atoms with Gasteiger partial charge in [-0.05, 0) is 39.7 Å². The molecular formula is C14H25N3OS. The fourth-order valence-corrected chi connectivity index (χ4v) is 3.50. The molecule has 3 atom stereocenters. The van der Waals surface area contributed by atoms with E-state index in [0.717, 1.165) is 19.5 Å². The van der Waals surface area contributed by atoms with Crippen molar-refractivity contribution in [2.45, 2.75) is 51.6 Å². The van der Waals surface area contributed by atoms with Gasteiger partial charge in [0, 0.05) is 25.2 Å². The van der Waals surface area contributed by atoms with Gasteiger partial charge in [-0.2, -0.15) is 0 Å². The van der Waals surface area contributed by atoms with Gasteiger partial charge in [-0.3, -0.25) is 9.69 Å². The topological polar surface area (TPSA) is 49.6 Å². The number of hydrogen-bond acceptors (Lipinski definition) is 3. The van der Waals surface area contributed by atoms with Crippen LogP contribution in [0, 0.1) is 5.41 Å². The maximum atomic E-state index is 12.8. The number of likely N-dealkylation sites (tertiary alicyclic amines) is 1. The molecule has 0 aromatic rings. The van der Waals surface area contributed by atoms with Gasteiger partial charge in [-0.25, -0.2) is 0 Å². The second kappa shape index (κ2) is 5.37. The minimum Gasteiger partial charge on any atom is -0.392 e. The van der Waals surface area contributed by atoms with E-state index >= 15 is 0 Å². The van der Waals surface area contributed by atoms with E-state index in [-0.39, 0.29) is 5.91 Å². The van der Waals surface area contributed by atoms with Crippen LogP contribution in [0.1, 0.15) is 39.5 Å². The summed E-state index contributed by atoms with van der Waals surface area (Å²) in [6.45, 7) is 5.52. The van der Waals surface area contributed by atoms with Crippen molar-refractivity contribution in [3.63, 3.8) is 0 Å². The fourth-order valence-electron chi connectivity index (χ4n) is 3.27. The van der Waals surface area contributed by atoms with Gasteiger partial charge >= 0.3 is 0 Å². The molecule has 0 aromatic heterocycles. The van der Waals surface area contributed by atoms with E-state index in [1.54, 1.807) is 0 Å². The van der Waals surface area contributed by atoms with Gasteiger partial charge in [-0.1, -0.05) is 19.1 Å². The van der Waals surface area contributed by atoms with Crippen LogP contribution in [0.25, 0.3) is 0 Å². The number of carbonyl (C=O) groups excluding carboxylic acids is 1. The van der Waals surface area contributed by atoms with Crippen LogP contribution in [-0.2, 0) is 4.79 Å². The lowest BCUT2D eigenvalue weighted by molar-refractivity contribution is -0.138. The molecule has 108 valence electrons. The highest BCUT2D eigenvalue weighted by Gasteiger charge is 2.42. The number of nitrogens with two attached hydrogens (primary N) is 1. The number of nitrogens with zero attached hydrogens (tertiary/aromatic N) is 2. The van der Waals surface area contributed by atoms with Gasteiger partial charge in [0.05, 0.1) is 10.4 Å². The first-order valence-corrected chi connectivity index (χ1v) is 7.62. The second-order valence-electron chi connectivity index (χ2n) is 6.14. The van der Waals surface area contributed by atoms with Gasteiger partial charge in [0.1, 0.15) is 0 Å². The van der Waals surface area contributed by atoms with Crippen LogP contribution in [0.2, 0.25) is 0 Å². The molecule has 2 N–H and O–H groups in total. The van der Waals surface area contributed by atoms with E-state index in [2.05, 4.69) is 11.9 Å². The standard InChI is InChI=1S/C14H25N3OS/c1-4-14(2,12(15)19)13(18)17-8-7-10-5-6-11(9-17)16(10)3/h10-11H,4-9H2,1-3H3,(H2,15,19). The number of fused-ring (bicyclic) bond motifs is 2. The molecule has 4 nitrogen and oxygen atoms in total. The van der Waals surface area contributed by atoms with Crippen LogP contribution in [0.5, 0.6) is 0 Å². The molecule has 2 saturated heterocycles. The van der Waals surface area contributed by atoms with E-state index < -0.39 is 5.41 Å². The molecule has 3 unspecified atom stereocenters. The van der Waals surface area contributed by atoms with E-state index in [1.165, 1.54) is 12.8 Å². The highest BCUT2D eigenvalue weighted by Crippen LogP contribution is 2.31. The average molecular weight is 283 g/mol. The lowest BCUT2D eigenvalue weighted by Crippen LogP contribution is -2.50. The van der Waals surface area contributed by atoms with Gasteiger partial charge in [0.2, 0.25) is 5.91 Å². The Morgan fingerprint density at radius 3 is 2.58 bits per heavy atom. The Morgan fingerprint density at radius 1 is 1.37 bits per heavy atom.